The number of likely N-dealkylation sites (tertiary alicyclic amines) is 1. The molecule has 1 aromatic heterocycles. The largest absolute Gasteiger partial charge is 0.478 e. The molecule has 1 aliphatic heterocycles. The van der Waals surface area contributed by atoms with Crippen LogP contribution in [0.15, 0.2) is 30.5 Å². The van der Waals surface area contributed by atoms with Gasteiger partial charge in [0, 0.05) is 24.7 Å². The van der Waals surface area contributed by atoms with Gasteiger partial charge in [-0.2, -0.15) is 0 Å². The topological polar surface area (TPSA) is 62.5 Å². The van der Waals surface area contributed by atoms with E-state index < -0.39 is 5.97 Å². The summed E-state index contributed by atoms with van der Waals surface area (Å²) in [4.78, 5) is 25.3. The average molecular weight is 272 g/mol. The van der Waals surface area contributed by atoms with Gasteiger partial charge in [-0.25, -0.2) is 4.79 Å². The molecule has 0 radical (unpaired) electrons. The first-order chi connectivity index (χ1) is 9.66. The number of aromatic carboxylic acids is 1. The number of nitrogens with zero attached hydrogens (tertiary/aromatic N) is 2. The minimum Gasteiger partial charge on any atom is -0.478 e. The highest BCUT2D eigenvalue weighted by Crippen LogP contribution is 2.21. The van der Waals surface area contributed by atoms with Crippen LogP contribution < -0.4 is 0 Å². The molecule has 0 atom stereocenters. The summed E-state index contributed by atoms with van der Waals surface area (Å²) < 4.78 is 1.74. The zero-order valence-corrected chi connectivity index (χ0v) is 11.1. The maximum Gasteiger partial charge on any atom is 0.337 e. The number of para-hydroxylation sites is 1. The number of hydrogen-bond donors (Lipinski definition) is 1. The minimum atomic E-state index is -0.968. The van der Waals surface area contributed by atoms with Gasteiger partial charge in [0.2, 0.25) is 5.91 Å². The third-order valence-electron chi connectivity index (χ3n) is 3.78. The van der Waals surface area contributed by atoms with Crippen LogP contribution in [0.3, 0.4) is 0 Å². The third-order valence-corrected chi connectivity index (χ3v) is 3.78. The fourth-order valence-electron chi connectivity index (χ4n) is 2.78. The normalized spacial score (nSPS) is 14.9. The molecule has 0 spiro atoms. The molecule has 1 saturated heterocycles. The molecule has 0 bridgehead atoms. The standard InChI is InChI=1S/C15H16N2O3/c18-13(16-7-1-2-8-16)10-17-9-6-11-4-3-5-12(14(11)17)15(19)20/h3-6,9H,1-2,7-8,10H2,(H,19,20). The second-order valence-electron chi connectivity index (χ2n) is 5.08. The van der Waals surface area contributed by atoms with E-state index in [9.17, 15) is 14.7 Å². The molecule has 1 N–H and O–H groups in total. The van der Waals surface area contributed by atoms with Crippen molar-refractivity contribution in [1.82, 2.24) is 9.47 Å². The highest BCUT2D eigenvalue weighted by atomic mass is 16.4. The Morgan fingerprint density at radius 3 is 2.60 bits per heavy atom. The van der Waals surface area contributed by atoms with Gasteiger partial charge in [0.1, 0.15) is 6.54 Å². The first-order valence-electron chi connectivity index (χ1n) is 6.76. The highest BCUT2D eigenvalue weighted by molar-refractivity contribution is 6.02. The smallest absolute Gasteiger partial charge is 0.337 e. The fourth-order valence-corrected chi connectivity index (χ4v) is 2.78. The number of benzene rings is 1. The third kappa shape index (κ3) is 2.15. The number of carbonyl (C=O) groups is 2. The van der Waals surface area contributed by atoms with Crippen LogP contribution in [-0.4, -0.2) is 39.5 Å². The molecule has 1 fully saturated rings. The maximum atomic E-state index is 12.2. The van der Waals surface area contributed by atoms with Crippen molar-refractivity contribution in [3.05, 3.63) is 36.0 Å². The molecule has 1 aromatic carbocycles. The van der Waals surface area contributed by atoms with Crippen LogP contribution >= 0.6 is 0 Å². The van der Waals surface area contributed by atoms with Crippen molar-refractivity contribution >= 4 is 22.8 Å². The molecule has 1 aliphatic rings. The number of rotatable bonds is 3. The Morgan fingerprint density at radius 2 is 1.90 bits per heavy atom. The van der Waals surface area contributed by atoms with Gasteiger partial charge < -0.3 is 14.6 Å². The molecule has 5 nitrogen and oxygen atoms in total. The fraction of sp³-hybridized carbons (Fsp3) is 0.333. The van der Waals surface area contributed by atoms with Gasteiger partial charge in [-0.15, -0.1) is 0 Å². The van der Waals surface area contributed by atoms with E-state index in [2.05, 4.69) is 0 Å². The summed E-state index contributed by atoms with van der Waals surface area (Å²) in [5, 5.41) is 10.1. The van der Waals surface area contributed by atoms with Crippen LogP contribution in [0.5, 0.6) is 0 Å². The summed E-state index contributed by atoms with van der Waals surface area (Å²) in [5.74, 6) is -0.913. The highest BCUT2D eigenvalue weighted by Gasteiger charge is 2.20. The van der Waals surface area contributed by atoms with Gasteiger partial charge in [0.15, 0.2) is 0 Å². The van der Waals surface area contributed by atoms with Gasteiger partial charge >= 0.3 is 5.97 Å². The molecule has 0 aliphatic carbocycles. The Kier molecular flexibility index (Phi) is 3.18. The van der Waals surface area contributed by atoms with Crippen LogP contribution in [-0.2, 0) is 11.3 Å². The van der Waals surface area contributed by atoms with Crippen molar-refractivity contribution in [2.75, 3.05) is 13.1 Å². The summed E-state index contributed by atoms with van der Waals surface area (Å²) in [6, 6.07) is 7.00. The van der Waals surface area contributed by atoms with E-state index in [-0.39, 0.29) is 18.0 Å². The zero-order valence-electron chi connectivity index (χ0n) is 11.1. The molecule has 104 valence electrons. The lowest BCUT2D eigenvalue weighted by Gasteiger charge is -2.16. The minimum absolute atomic E-state index is 0.0557. The lowest BCUT2D eigenvalue weighted by molar-refractivity contribution is -0.130. The summed E-state index contributed by atoms with van der Waals surface area (Å²) in [7, 11) is 0. The van der Waals surface area contributed by atoms with Gasteiger partial charge in [0.25, 0.3) is 0 Å². The molecular weight excluding hydrogens is 256 g/mol. The van der Waals surface area contributed by atoms with Gasteiger partial charge in [0.05, 0.1) is 11.1 Å². The van der Waals surface area contributed by atoms with E-state index in [0.717, 1.165) is 31.3 Å². The van der Waals surface area contributed by atoms with Crippen molar-refractivity contribution in [3.8, 4) is 0 Å². The van der Waals surface area contributed by atoms with E-state index in [1.807, 2.05) is 17.0 Å². The van der Waals surface area contributed by atoms with Crippen molar-refractivity contribution in [2.45, 2.75) is 19.4 Å². The molecule has 0 saturated carbocycles. The molecule has 2 aromatic rings. The number of fused-ring (bicyclic) bond motifs is 1. The van der Waals surface area contributed by atoms with Crippen LogP contribution in [0.4, 0.5) is 0 Å². The summed E-state index contributed by atoms with van der Waals surface area (Å²) in [5.41, 5.74) is 0.856. The Labute approximate surface area is 116 Å². The molecule has 20 heavy (non-hydrogen) atoms. The molecule has 3 rings (SSSR count). The maximum absolute atomic E-state index is 12.2. The number of carboxylic acids is 1. The molecule has 5 heteroatoms. The van der Waals surface area contributed by atoms with Crippen LogP contribution in [0.1, 0.15) is 23.2 Å². The lowest BCUT2D eigenvalue weighted by Crippen LogP contribution is -2.30. The Balaban J connectivity index is 1.95. The van der Waals surface area contributed by atoms with Crippen molar-refractivity contribution in [1.29, 1.82) is 0 Å². The van der Waals surface area contributed by atoms with E-state index in [1.54, 1.807) is 22.9 Å². The number of hydrogen-bond acceptors (Lipinski definition) is 2. The van der Waals surface area contributed by atoms with E-state index in [0.29, 0.717) is 5.52 Å². The Hall–Kier alpha value is -2.30. The van der Waals surface area contributed by atoms with E-state index in [1.165, 1.54) is 0 Å². The number of amides is 1. The quantitative estimate of drug-likeness (QED) is 0.929. The zero-order chi connectivity index (χ0) is 14.1. The van der Waals surface area contributed by atoms with Gasteiger partial charge in [-0.1, -0.05) is 12.1 Å². The predicted octanol–water partition coefficient (Wildman–Crippen LogP) is 1.96. The van der Waals surface area contributed by atoms with Crippen LogP contribution in [0.25, 0.3) is 10.9 Å². The summed E-state index contributed by atoms with van der Waals surface area (Å²) in [6.07, 6.45) is 3.89. The summed E-state index contributed by atoms with van der Waals surface area (Å²) in [6.45, 7) is 1.82. The summed E-state index contributed by atoms with van der Waals surface area (Å²) >= 11 is 0. The second kappa shape index (κ2) is 5.00. The number of aromatic nitrogens is 1. The molecule has 2 heterocycles. The molecule has 0 unspecified atom stereocenters. The predicted molar refractivity (Wildman–Crippen MR) is 74.7 cm³/mol. The van der Waals surface area contributed by atoms with Crippen molar-refractivity contribution in [2.24, 2.45) is 0 Å². The van der Waals surface area contributed by atoms with Crippen molar-refractivity contribution in [3.63, 3.8) is 0 Å². The Bertz CT molecular complexity index is 669. The first-order valence-corrected chi connectivity index (χ1v) is 6.76. The van der Waals surface area contributed by atoms with E-state index >= 15 is 0 Å². The van der Waals surface area contributed by atoms with Gasteiger partial charge in [-0.3, -0.25) is 4.79 Å². The second-order valence-corrected chi connectivity index (χ2v) is 5.08. The van der Waals surface area contributed by atoms with Gasteiger partial charge in [-0.05, 0) is 25.0 Å². The monoisotopic (exact) mass is 272 g/mol. The van der Waals surface area contributed by atoms with Crippen LogP contribution in [0, 0.1) is 0 Å². The number of carbonyl (C=O) groups excluding carboxylic acids is 1. The van der Waals surface area contributed by atoms with E-state index in [4.69, 9.17) is 0 Å². The number of carboxylic acid groups (broad SMARTS) is 1. The SMILES string of the molecule is O=C(O)c1cccc2ccn(CC(=O)N3CCCC3)c12. The Morgan fingerprint density at radius 1 is 1.15 bits per heavy atom. The average Bonchev–Trinajstić information content (AvgIpc) is 3.08. The molecule has 1 amide bonds. The first kappa shape index (κ1) is 12.7. The molecular formula is C15H16N2O3. The van der Waals surface area contributed by atoms with Crippen LogP contribution in [0.2, 0.25) is 0 Å². The van der Waals surface area contributed by atoms with Crippen molar-refractivity contribution < 1.29 is 14.7 Å². The lowest BCUT2D eigenvalue weighted by atomic mass is 10.1.